The molecule has 8 atom stereocenters. The Kier molecular flexibility index (Phi) is 29.1. The van der Waals surface area contributed by atoms with E-state index in [9.17, 15) is 35.4 Å². The molecule has 1 saturated heterocycles. The zero-order valence-electron chi connectivity index (χ0n) is 31.5. The summed E-state index contributed by atoms with van der Waals surface area (Å²) in [6, 6.07) is -0.990. The number of hydrogen-bond acceptors (Lipinski definition) is 9. The maximum absolute atomic E-state index is 12.9. The van der Waals surface area contributed by atoms with Gasteiger partial charge in [-0.2, -0.15) is 0 Å². The summed E-state index contributed by atoms with van der Waals surface area (Å²) in [4.78, 5) is 12.9. The summed E-state index contributed by atoms with van der Waals surface area (Å²) in [5.41, 5.74) is 0. The Bertz CT molecular complexity index is 855. The van der Waals surface area contributed by atoms with Gasteiger partial charge in [-0.3, -0.25) is 4.79 Å². The van der Waals surface area contributed by atoms with E-state index in [-0.39, 0.29) is 13.0 Å². The van der Waals surface area contributed by atoms with Crippen LogP contribution in [0.25, 0.3) is 0 Å². The van der Waals surface area contributed by atoms with Crippen LogP contribution in [-0.2, 0) is 14.3 Å². The second-order valence-electron chi connectivity index (χ2n) is 14.2. The molecule has 0 aliphatic carbocycles. The smallest absolute Gasteiger partial charge is 0.249 e. The molecule has 10 nitrogen and oxygen atoms in total. The van der Waals surface area contributed by atoms with Gasteiger partial charge >= 0.3 is 0 Å². The lowest BCUT2D eigenvalue weighted by molar-refractivity contribution is -0.302. The number of aliphatic hydroxyl groups is 6. The quantitative estimate of drug-likeness (QED) is 0.0320. The SMILES string of the molecule is CCCCCC/C=C\CCC(O)C(=O)NC(COC1OC(CO)C(O)C(O)C1O)C(O)/C=C/CCCCCCCCCCCCCCCCC. The molecule has 0 saturated carbocycles. The Morgan fingerprint density at radius 1 is 0.680 bits per heavy atom. The van der Waals surface area contributed by atoms with Crippen LogP contribution in [0.2, 0.25) is 0 Å². The normalized spacial score (nSPS) is 23.1. The first kappa shape index (κ1) is 46.7. The Morgan fingerprint density at radius 3 is 1.70 bits per heavy atom. The molecule has 1 aliphatic heterocycles. The van der Waals surface area contributed by atoms with Gasteiger partial charge in [-0.1, -0.05) is 147 Å². The Labute approximate surface area is 303 Å². The molecule has 1 aliphatic rings. The van der Waals surface area contributed by atoms with Crippen molar-refractivity contribution in [2.45, 2.75) is 210 Å². The average molecular weight is 714 g/mol. The minimum atomic E-state index is -1.61. The summed E-state index contributed by atoms with van der Waals surface area (Å²) < 4.78 is 11.1. The van der Waals surface area contributed by atoms with E-state index in [1.165, 1.54) is 103 Å². The van der Waals surface area contributed by atoms with Crippen LogP contribution in [0.15, 0.2) is 24.3 Å². The number of allylic oxidation sites excluding steroid dienone is 3. The predicted octanol–water partition coefficient (Wildman–Crippen LogP) is 6.13. The molecular weight excluding hydrogens is 638 g/mol. The number of carbonyl (C=O) groups excluding carboxylic acids is 1. The molecule has 294 valence electrons. The first-order valence-electron chi connectivity index (χ1n) is 20.2. The molecule has 0 spiro atoms. The lowest BCUT2D eigenvalue weighted by Crippen LogP contribution is -2.60. The first-order valence-corrected chi connectivity index (χ1v) is 20.2. The molecular formula is C40H75NO9. The zero-order chi connectivity index (χ0) is 36.8. The highest BCUT2D eigenvalue weighted by atomic mass is 16.7. The van der Waals surface area contributed by atoms with Gasteiger partial charge in [0.2, 0.25) is 5.91 Å². The van der Waals surface area contributed by atoms with Crippen molar-refractivity contribution in [2.75, 3.05) is 13.2 Å². The molecule has 1 amide bonds. The summed E-state index contributed by atoms with van der Waals surface area (Å²) in [5.74, 6) is -0.654. The highest BCUT2D eigenvalue weighted by Crippen LogP contribution is 2.22. The Hall–Kier alpha value is -1.37. The summed E-state index contributed by atoms with van der Waals surface area (Å²) in [7, 11) is 0. The van der Waals surface area contributed by atoms with E-state index >= 15 is 0 Å². The molecule has 0 radical (unpaired) electrons. The van der Waals surface area contributed by atoms with E-state index in [2.05, 4.69) is 25.2 Å². The van der Waals surface area contributed by atoms with Gasteiger partial charge in [-0.05, 0) is 38.5 Å². The molecule has 0 bridgehead atoms. The van der Waals surface area contributed by atoms with E-state index in [1.54, 1.807) is 6.08 Å². The number of carbonyl (C=O) groups is 1. The highest BCUT2D eigenvalue weighted by molar-refractivity contribution is 5.80. The third kappa shape index (κ3) is 21.9. The Morgan fingerprint density at radius 2 is 1.16 bits per heavy atom. The van der Waals surface area contributed by atoms with Crippen LogP contribution in [0, 0.1) is 0 Å². The van der Waals surface area contributed by atoms with Crippen LogP contribution in [0.5, 0.6) is 0 Å². The van der Waals surface area contributed by atoms with Crippen molar-refractivity contribution in [3.05, 3.63) is 24.3 Å². The van der Waals surface area contributed by atoms with Gasteiger partial charge in [0.15, 0.2) is 6.29 Å². The minimum absolute atomic E-state index is 0.225. The number of nitrogens with one attached hydrogen (secondary N) is 1. The third-order valence-corrected chi connectivity index (χ3v) is 9.64. The van der Waals surface area contributed by atoms with E-state index in [0.29, 0.717) is 6.42 Å². The average Bonchev–Trinajstić information content (AvgIpc) is 3.11. The van der Waals surface area contributed by atoms with Crippen LogP contribution < -0.4 is 5.32 Å². The van der Waals surface area contributed by atoms with Crippen molar-refractivity contribution in [3.8, 4) is 0 Å². The van der Waals surface area contributed by atoms with Crippen molar-refractivity contribution in [3.63, 3.8) is 0 Å². The first-order chi connectivity index (χ1) is 24.3. The molecule has 1 fully saturated rings. The second-order valence-corrected chi connectivity index (χ2v) is 14.2. The monoisotopic (exact) mass is 714 g/mol. The number of unbranched alkanes of at least 4 members (excludes halogenated alkanes) is 19. The topological polar surface area (TPSA) is 169 Å². The van der Waals surface area contributed by atoms with Gasteiger partial charge in [0.05, 0.1) is 25.4 Å². The number of amides is 1. The molecule has 0 aromatic rings. The van der Waals surface area contributed by atoms with Crippen LogP contribution >= 0.6 is 0 Å². The molecule has 0 aromatic carbocycles. The lowest BCUT2D eigenvalue weighted by Gasteiger charge is -2.40. The largest absolute Gasteiger partial charge is 0.394 e. The zero-order valence-corrected chi connectivity index (χ0v) is 31.5. The minimum Gasteiger partial charge on any atom is -0.394 e. The van der Waals surface area contributed by atoms with Gasteiger partial charge in [-0.15, -0.1) is 0 Å². The van der Waals surface area contributed by atoms with E-state index < -0.39 is 61.5 Å². The summed E-state index contributed by atoms with van der Waals surface area (Å²) >= 11 is 0. The second kappa shape index (κ2) is 31.2. The van der Waals surface area contributed by atoms with Crippen molar-refractivity contribution in [1.29, 1.82) is 0 Å². The number of rotatable bonds is 32. The van der Waals surface area contributed by atoms with Gasteiger partial charge < -0.3 is 45.4 Å². The number of ether oxygens (including phenoxy) is 2. The van der Waals surface area contributed by atoms with Crippen LogP contribution in [0.1, 0.15) is 162 Å². The van der Waals surface area contributed by atoms with Crippen molar-refractivity contribution in [1.82, 2.24) is 5.32 Å². The van der Waals surface area contributed by atoms with Crippen molar-refractivity contribution >= 4 is 5.91 Å². The van der Waals surface area contributed by atoms with Gasteiger partial charge in [-0.25, -0.2) is 0 Å². The number of hydrogen-bond donors (Lipinski definition) is 7. The van der Waals surface area contributed by atoms with Crippen LogP contribution in [-0.4, -0.2) is 98.7 Å². The molecule has 8 unspecified atom stereocenters. The molecule has 10 heteroatoms. The van der Waals surface area contributed by atoms with Crippen LogP contribution in [0.3, 0.4) is 0 Å². The highest BCUT2D eigenvalue weighted by Gasteiger charge is 2.44. The molecule has 1 heterocycles. The summed E-state index contributed by atoms with van der Waals surface area (Å²) in [6.07, 6.45) is 24.4. The van der Waals surface area contributed by atoms with E-state index in [4.69, 9.17) is 9.47 Å². The van der Waals surface area contributed by atoms with Crippen LogP contribution in [0.4, 0.5) is 0 Å². The third-order valence-electron chi connectivity index (χ3n) is 9.64. The summed E-state index contributed by atoms with van der Waals surface area (Å²) in [5, 5.41) is 64.2. The fourth-order valence-corrected chi connectivity index (χ4v) is 6.22. The molecule has 1 rings (SSSR count). The van der Waals surface area contributed by atoms with Gasteiger partial charge in [0, 0.05) is 0 Å². The maximum atomic E-state index is 12.9. The Balaban J connectivity index is 2.48. The van der Waals surface area contributed by atoms with E-state index in [0.717, 1.165) is 32.1 Å². The van der Waals surface area contributed by atoms with Crippen molar-refractivity contribution < 1.29 is 44.9 Å². The number of aliphatic hydroxyl groups excluding tert-OH is 6. The fraction of sp³-hybridized carbons (Fsp3) is 0.875. The van der Waals surface area contributed by atoms with E-state index in [1.807, 2.05) is 12.2 Å². The molecule has 0 aromatic heterocycles. The van der Waals surface area contributed by atoms with Gasteiger partial charge in [0.25, 0.3) is 0 Å². The maximum Gasteiger partial charge on any atom is 0.249 e. The molecule has 50 heavy (non-hydrogen) atoms. The van der Waals surface area contributed by atoms with Gasteiger partial charge in [0.1, 0.15) is 30.5 Å². The molecule has 7 N–H and O–H groups in total. The standard InChI is InChI=1S/C40H75NO9/c1-3-5-7-9-11-13-14-15-16-17-18-19-20-21-23-24-26-28-33(43)32(31-49-40-38(47)37(46)36(45)35(30-42)50-40)41-39(48)34(44)29-27-25-22-12-10-8-6-4-2/h22,25-26,28,32-38,40,42-47H,3-21,23-24,27,29-31H2,1-2H3,(H,41,48)/b25-22-,28-26+. The predicted molar refractivity (Wildman–Crippen MR) is 199 cm³/mol. The summed E-state index contributed by atoms with van der Waals surface area (Å²) in [6.45, 7) is 3.51. The lowest BCUT2D eigenvalue weighted by atomic mass is 9.99. The fourth-order valence-electron chi connectivity index (χ4n) is 6.22. The van der Waals surface area contributed by atoms with Crippen molar-refractivity contribution in [2.24, 2.45) is 0 Å².